The number of hydrogen-bond donors (Lipinski definition) is 1. The minimum Gasteiger partial charge on any atom is -0.482 e. The predicted octanol–water partition coefficient (Wildman–Crippen LogP) is 5.91. The molecule has 0 radical (unpaired) electrons. The number of H-pyrrole nitrogens is 1. The number of ether oxygens (including phenoxy) is 1. The molecule has 28 heavy (non-hydrogen) atoms. The van der Waals surface area contributed by atoms with E-state index >= 15 is 0 Å². The van der Waals surface area contributed by atoms with Crippen LogP contribution in [-0.4, -0.2) is 35.5 Å². The van der Waals surface area contributed by atoms with Crippen LogP contribution in [-0.2, 0) is 4.79 Å². The standard InChI is InChI=1S/C21H19Cl3N2O2/c22-15-1-3-18-14(9-15)10-19(25-18)13-5-7-26(8-6-13)21(27)12-28-20-4-2-16(23)11-17(20)24/h1-4,9-11,13,25H,5-8,12H2. The number of carbonyl (C=O) groups excluding carboxylic acids is 1. The SMILES string of the molecule is O=C(COc1ccc(Cl)cc1Cl)N1CCC(c2cc3cc(Cl)ccc3[nH]2)CC1. The molecule has 0 bridgehead atoms. The number of rotatable bonds is 4. The molecule has 2 aromatic carbocycles. The van der Waals surface area contributed by atoms with Gasteiger partial charge in [-0.3, -0.25) is 4.79 Å². The fourth-order valence-corrected chi connectivity index (χ4v) is 4.25. The quantitative estimate of drug-likeness (QED) is 0.551. The molecule has 1 aliphatic rings. The Balaban J connectivity index is 1.33. The number of hydrogen-bond acceptors (Lipinski definition) is 2. The molecule has 0 aliphatic carbocycles. The number of nitrogens with zero attached hydrogens (tertiary/aromatic N) is 1. The fourth-order valence-electron chi connectivity index (χ4n) is 3.61. The van der Waals surface area contributed by atoms with Crippen molar-refractivity contribution < 1.29 is 9.53 Å². The first kappa shape index (κ1) is 19.4. The van der Waals surface area contributed by atoms with Crippen LogP contribution in [0.5, 0.6) is 5.75 Å². The molecule has 7 heteroatoms. The van der Waals surface area contributed by atoms with Crippen molar-refractivity contribution in [1.82, 2.24) is 9.88 Å². The summed E-state index contributed by atoms with van der Waals surface area (Å²) < 4.78 is 5.57. The molecule has 4 rings (SSSR count). The minimum absolute atomic E-state index is 0.0308. The number of piperidine rings is 1. The topological polar surface area (TPSA) is 45.3 Å². The van der Waals surface area contributed by atoms with Crippen LogP contribution in [0, 0.1) is 0 Å². The van der Waals surface area contributed by atoms with Crippen molar-refractivity contribution in [3.63, 3.8) is 0 Å². The zero-order valence-corrected chi connectivity index (χ0v) is 17.3. The van der Waals surface area contributed by atoms with Gasteiger partial charge in [0.25, 0.3) is 5.91 Å². The van der Waals surface area contributed by atoms with Crippen LogP contribution < -0.4 is 4.74 Å². The molecule has 1 fully saturated rings. The van der Waals surface area contributed by atoms with Crippen molar-refractivity contribution in [1.29, 1.82) is 0 Å². The normalized spacial score (nSPS) is 15.2. The molecule has 0 spiro atoms. The van der Waals surface area contributed by atoms with Crippen LogP contribution in [0.4, 0.5) is 0 Å². The Morgan fingerprint density at radius 2 is 1.75 bits per heavy atom. The molecule has 146 valence electrons. The monoisotopic (exact) mass is 436 g/mol. The molecule has 0 saturated carbocycles. The van der Waals surface area contributed by atoms with Gasteiger partial charge in [0.2, 0.25) is 0 Å². The van der Waals surface area contributed by atoms with Gasteiger partial charge < -0.3 is 14.6 Å². The van der Waals surface area contributed by atoms with Crippen molar-refractivity contribution in [3.8, 4) is 5.75 Å². The van der Waals surface area contributed by atoms with Gasteiger partial charge in [0.05, 0.1) is 5.02 Å². The number of benzene rings is 2. The Labute approximate surface area is 178 Å². The number of nitrogens with one attached hydrogen (secondary N) is 1. The lowest BCUT2D eigenvalue weighted by Gasteiger charge is -2.31. The van der Waals surface area contributed by atoms with Gasteiger partial charge in [0, 0.05) is 45.6 Å². The Morgan fingerprint density at radius 3 is 2.50 bits per heavy atom. The first-order chi connectivity index (χ1) is 13.5. The van der Waals surface area contributed by atoms with E-state index < -0.39 is 0 Å². The summed E-state index contributed by atoms with van der Waals surface area (Å²) in [7, 11) is 0. The number of carbonyl (C=O) groups is 1. The maximum absolute atomic E-state index is 12.5. The summed E-state index contributed by atoms with van der Waals surface area (Å²) in [6.45, 7) is 1.38. The lowest BCUT2D eigenvalue weighted by molar-refractivity contribution is -0.134. The molecule has 3 aromatic rings. The molecule has 1 N–H and O–H groups in total. The van der Waals surface area contributed by atoms with Crippen LogP contribution in [0.1, 0.15) is 24.5 Å². The summed E-state index contributed by atoms with van der Waals surface area (Å²) >= 11 is 18.0. The first-order valence-corrected chi connectivity index (χ1v) is 10.3. The molecule has 1 aliphatic heterocycles. The Hall–Kier alpha value is -1.88. The van der Waals surface area contributed by atoms with Gasteiger partial charge in [-0.25, -0.2) is 0 Å². The van der Waals surface area contributed by atoms with Crippen molar-refractivity contribution >= 4 is 51.6 Å². The minimum atomic E-state index is -0.0344. The molecule has 1 amide bonds. The highest BCUT2D eigenvalue weighted by Gasteiger charge is 2.25. The maximum Gasteiger partial charge on any atom is 0.260 e. The fraction of sp³-hybridized carbons (Fsp3) is 0.286. The highest BCUT2D eigenvalue weighted by Crippen LogP contribution is 2.31. The van der Waals surface area contributed by atoms with Gasteiger partial charge >= 0.3 is 0 Å². The second kappa shape index (κ2) is 8.24. The molecular formula is C21H19Cl3N2O2. The zero-order chi connectivity index (χ0) is 19.7. The second-order valence-corrected chi connectivity index (χ2v) is 8.25. The van der Waals surface area contributed by atoms with Crippen molar-refractivity contribution in [2.75, 3.05) is 19.7 Å². The van der Waals surface area contributed by atoms with Gasteiger partial charge in [-0.1, -0.05) is 34.8 Å². The van der Waals surface area contributed by atoms with E-state index in [-0.39, 0.29) is 12.5 Å². The van der Waals surface area contributed by atoms with E-state index in [4.69, 9.17) is 39.5 Å². The van der Waals surface area contributed by atoms with Gasteiger partial charge in [0.15, 0.2) is 6.61 Å². The smallest absolute Gasteiger partial charge is 0.260 e. The molecule has 4 nitrogen and oxygen atoms in total. The number of likely N-dealkylation sites (tertiary alicyclic amines) is 1. The predicted molar refractivity (Wildman–Crippen MR) is 114 cm³/mol. The zero-order valence-electron chi connectivity index (χ0n) is 15.1. The van der Waals surface area contributed by atoms with E-state index in [1.54, 1.807) is 18.2 Å². The maximum atomic E-state index is 12.5. The molecule has 0 unspecified atom stereocenters. The van der Waals surface area contributed by atoms with Gasteiger partial charge in [-0.15, -0.1) is 0 Å². The lowest BCUT2D eigenvalue weighted by Crippen LogP contribution is -2.40. The molecular weight excluding hydrogens is 419 g/mol. The highest BCUT2D eigenvalue weighted by atomic mass is 35.5. The Bertz CT molecular complexity index is 1010. The number of aromatic nitrogens is 1. The van der Waals surface area contributed by atoms with E-state index in [1.807, 2.05) is 23.1 Å². The largest absolute Gasteiger partial charge is 0.482 e. The van der Waals surface area contributed by atoms with Gasteiger partial charge in [-0.05, 0) is 55.3 Å². The average molecular weight is 438 g/mol. The van der Waals surface area contributed by atoms with E-state index in [0.29, 0.717) is 34.8 Å². The van der Waals surface area contributed by atoms with E-state index in [1.165, 1.54) is 5.69 Å². The summed E-state index contributed by atoms with van der Waals surface area (Å²) in [5.41, 5.74) is 2.29. The third kappa shape index (κ3) is 4.24. The second-order valence-electron chi connectivity index (χ2n) is 6.97. The molecule has 1 saturated heterocycles. The Kier molecular flexibility index (Phi) is 5.72. The third-order valence-electron chi connectivity index (χ3n) is 5.14. The average Bonchev–Trinajstić information content (AvgIpc) is 3.10. The van der Waals surface area contributed by atoms with Crippen molar-refractivity contribution in [2.45, 2.75) is 18.8 Å². The molecule has 1 aromatic heterocycles. The Morgan fingerprint density at radius 1 is 1.04 bits per heavy atom. The van der Waals surface area contributed by atoms with Gasteiger partial charge in [-0.2, -0.15) is 0 Å². The van der Waals surface area contributed by atoms with Gasteiger partial charge in [0.1, 0.15) is 5.75 Å². The molecule has 0 atom stereocenters. The van der Waals surface area contributed by atoms with Crippen LogP contribution in [0.3, 0.4) is 0 Å². The summed E-state index contributed by atoms with van der Waals surface area (Å²) in [5.74, 6) is 0.834. The number of halogens is 3. The van der Waals surface area contributed by atoms with Crippen molar-refractivity contribution in [2.24, 2.45) is 0 Å². The van der Waals surface area contributed by atoms with E-state index in [9.17, 15) is 4.79 Å². The first-order valence-electron chi connectivity index (χ1n) is 9.13. The van der Waals surface area contributed by atoms with Crippen LogP contribution in [0.2, 0.25) is 15.1 Å². The highest BCUT2D eigenvalue weighted by molar-refractivity contribution is 6.35. The van der Waals surface area contributed by atoms with Crippen LogP contribution >= 0.6 is 34.8 Å². The third-order valence-corrected chi connectivity index (χ3v) is 5.90. The summed E-state index contributed by atoms with van der Waals surface area (Å²) in [5, 5.41) is 2.79. The number of aromatic amines is 1. The summed E-state index contributed by atoms with van der Waals surface area (Å²) in [4.78, 5) is 17.8. The molecule has 2 heterocycles. The number of fused-ring (bicyclic) bond motifs is 1. The summed E-state index contributed by atoms with van der Waals surface area (Å²) in [6, 6.07) is 13.0. The summed E-state index contributed by atoms with van der Waals surface area (Å²) in [6.07, 6.45) is 1.82. The van der Waals surface area contributed by atoms with E-state index in [0.717, 1.165) is 28.8 Å². The number of amides is 1. The van der Waals surface area contributed by atoms with Crippen molar-refractivity contribution in [3.05, 3.63) is 63.2 Å². The van der Waals surface area contributed by atoms with E-state index in [2.05, 4.69) is 11.1 Å². The van der Waals surface area contributed by atoms with Crippen LogP contribution in [0.25, 0.3) is 10.9 Å². The lowest BCUT2D eigenvalue weighted by atomic mass is 9.93. The van der Waals surface area contributed by atoms with Crippen LogP contribution in [0.15, 0.2) is 42.5 Å².